The molecule has 0 unspecified atom stereocenters. The molecule has 7 heteroatoms. The molecule has 0 aromatic heterocycles. The molecule has 0 amide bonds. The molecule has 0 radical (unpaired) electrons. The Morgan fingerprint density at radius 1 is 1.33 bits per heavy atom. The molecule has 0 bridgehead atoms. The molecule has 1 aliphatic heterocycles. The summed E-state index contributed by atoms with van der Waals surface area (Å²) in [6, 6.07) is 2.75. The average Bonchev–Trinajstić information content (AvgIpc) is 2.44. The number of nitrogens with one attached hydrogen (secondary N) is 1. The van der Waals surface area contributed by atoms with Gasteiger partial charge in [0.15, 0.2) is 0 Å². The van der Waals surface area contributed by atoms with E-state index < -0.39 is 24.4 Å². The number of aliphatic hydroxyl groups is 1. The number of hydrogen-bond acceptors (Lipinski definition) is 3. The number of aryl methyl sites for hydroxylation is 1. The molecule has 1 aliphatic rings. The summed E-state index contributed by atoms with van der Waals surface area (Å²) in [5.74, 6) is -4.04. The SMILES string of the molecule is Cc1ccc(F)c([C@@H](N2CCNCC2)C(F)(F)CO)c1.Cl. The smallest absolute Gasteiger partial charge is 0.290 e. The normalized spacial score (nSPS) is 18.1. The number of rotatable bonds is 4. The molecule has 1 saturated heterocycles. The fourth-order valence-electron chi connectivity index (χ4n) is 2.59. The maximum Gasteiger partial charge on any atom is 0.290 e. The van der Waals surface area contributed by atoms with E-state index in [1.807, 2.05) is 0 Å². The summed E-state index contributed by atoms with van der Waals surface area (Å²) in [6.07, 6.45) is 0. The number of benzene rings is 1. The lowest BCUT2D eigenvalue weighted by Gasteiger charge is -2.38. The maximum atomic E-state index is 14.1. The first kappa shape index (κ1) is 18.2. The van der Waals surface area contributed by atoms with Crippen LogP contribution in [0.5, 0.6) is 0 Å². The molecule has 1 fully saturated rings. The van der Waals surface area contributed by atoms with Gasteiger partial charge in [0.2, 0.25) is 0 Å². The van der Waals surface area contributed by atoms with Gasteiger partial charge in [0, 0.05) is 31.7 Å². The molecule has 0 spiro atoms. The van der Waals surface area contributed by atoms with E-state index in [4.69, 9.17) is 5.11 Å². The van der Waals surface area contributed by atoms with Crippen molar-refractivity contribution in [2.75, 3.05) is 32.8 Å². The number of aliphatic hydroxyl groups excluding tert-OH is 1. The summed E-state index contributed by atoms with van der Waals surface area (Å²) in [5.41, 5.74) is 0.668. The van der Waals surface area contributed by atoms with Crippen LogP contribution >= 0.6 is 12.4 Å². The molecule has 2 N–H and O–H groups in total. The van der Waals surface area contributed by atoms with Crippen LogP contribution in [-0.4, -0.2) is 48.7 Å². The van der Waals surface area contributed by atoms with Crippen LogP contribution in [0, 0.1) is 12.7 Å². The number of nitrogens with zero attached hydrogens (tertiary/aromatic N) is 1. The monoisotopic (exact) mass is 324 g/mol. The Kier molecular flexibility index (Phi) is 6.46. The summed E-state index contributed by atoms with van der Waals surface area (Å²) in [6.45, 7) is 2.38. The molecule has 1 atom stereocenters. The minimum Gasteiger partial charge on any atom is -0.390 e. The molecular weight excluding hydrogens is 305 g/mol. The fourth-order valence-corrected chi connectivity index (χ4v) is 2.59. The summed E-state index contributed by atoms with van der Waals surface area (Å²) in [7, 11) is 0. The third-order valence-electron chi connectivity index (χ3n) is 3.57. The van der Waals surface area contributed by atoms with Gasteiger partial charge in [-0.05, 0) is 13.0 Å². The van der Waals surface area contributed by atoms with Crippen molar-refractivity contribution in [2.45, 2.75) is 18.9 Å². The van der Waals surface area contributed by atoms with Gasteiger partial charge in [-0.15, -0.1) is 12.4 Å². The highest BCUT2D eigenvalue weighted by Crippen LogP contribution is 2.37. The Bertz CT molecular complexity index is 468. The lowest BCUT2D eigenvalue weighted by atomic mass is 9.96. The van der Waals surface area contributed by atoms with Crippen molar-refractivity contribution in [3.8, 4) is 0 Å². The van der Waals surface area contributed by atoms with Crippen molar-refractivity contribution in [1.82, 2.24) is 10.2 Å². The third-order valence-corrected chi connectivity index (χ3v) is 3.57. The van der Waals surface area contributed by atoms with Gasteiger partial charge in [0.25, 0.3) is 5.92 Å². The first-order valence-electron chi connectivity index (χ1n) is 6.65. The Labute approximate surface area is 128 Å². The first-order chi connectivity index (χ1) is 9.45. The van der Waals surface area contributed by atoms with Crippen LogP contribution in [0.4, 0.5) is 13.2 Å². The standard InChI is InChI=1S/C14H19F3N2O.ClH/c1-10-2-3-12(15)11(8-10)13(14(16,17)9-20)19-6-4-18-5-7-19;/h2-3,8,13,18,20H,4-7,9H2,1H3;1H/t13-;/m1./s1. The average molecular weight is 325 g/mol. The van der Waals surface area contributed by atoms with Crippen molar-refractivity contribution >= 4 is 12.4 Å². The molecule has 21 heavy (non-hydrogen) atoms. The number of piperazine rings is 1. The quantitative estimate of drug-likeness (QED) is 0.890. The zero-order valence-electron chi connectivity index (χ0n) is 11.8. The van der Waals surface area contributed by atoms with Crippen molar-refractivity contribution < 1.29 is 18.3 Å². The Morgan fingerprint density at radius 2 is 1.95 bits per heavy atom. The van der Waals surface area contributed by atoms with E-state index in [1.165, 1.54) is 17.0 Å². The molecule has 120 valence electrons. The van der Waals surface area contributed by atoms with Gasteiger partial charge in [0.1, 0.15) is 18.5 Å². The predicted molar refractivity (Wildman–Crippen MR) is 77.6 cm³/mol. The number of alkyl halides is 2. The second kappa shape index (κ2) is 7.45. The molecule has 1 aromatic rings. The van der Waals surface area contributed by atoms with E-state index in [0.717, 1.165) is 5.56 Å². The Morgan fingerprint density at radius 3 is 2.52 bits per heavy atom. The minimum absolute atomic E-state index is 0. The van der Waals surface area contributed by atoms with Crippen molar-refractivity contribution in [3.63, 3.8) is 0 Å². The topological polar surface area (TPSA) is 35.5 Å². The molecule has 0 aliphatic carbocycles. The lowest BCUT2D eigenvalue weighted by Crippen LogP contribution is -2.51. The van der Waals surface area contributed by atoms with Gasteiger partial charge < -0.3 is 10.4 Å². The lowest BCUT2D eigenvalue weighted by molar-refractivity contribution is -0.119. The van der Waals surface area contributed by atoms with Crippen LogP contribution in [0.3, 0.4) is 0 Å². The summed E-state index contributed by atoms with van der Waals surface area (Å²) < 4.78 is 42.2. The molecule has 0 saturated carbocycles. The van der Waals surface area contributed by atoms with Gasteiger partial charge in [-0.2, -0.15) is 0 Å². The van der Waals surface area contributed by atoms with E-state index in [0.29, 0.717) is 26.2 Å². The Balaban J connectivity index is 0.00000220. The number of hydrogen-bond donors (Lipinski definition) is 2. The second-order valence-electron chi connectivity index (χ2n) is 5.13. The highest BCUT2D eigenvalue weighted by Gasteiger charge is 2.45. The van der Waals surface area contributed by atoms with Gasteiger partial charge >= 0.3 is 0 Å². The van der Waals surface area contributed by atoms with Gasteiger partial charge in [-0.25, -0.2) is 13.2 Å². The van der Waals surface area contributed by atoms with E-state index in [9.17, 15) is 13.2 Å². The van der Waals surface area contributed by atoms with Crippen LogP contribution in [0.15, 0.2) is 18.2 Å². The van der Waals surface area contributed by atoms with Gasteiger partial charge in [-0.3, -0.25) is 4.90 Å². The molecule has 1 aromatic carbocycles. The van der Waals surface area contributed by atoms with Crippen LogP contribution in [0.1, 0.15) is 17.2 Å². The van der Waals surface area contributed by atoms with Crippen LogP contribution < -0.4 is 5.32 Å². The molecule has 2 rings (SSSR count). The largest absolute Gasteiger partial charge is 0.390 e. The highest BCUT2D eigenvalue weighted by atomic mass is 35.5. The van der Waals surface area contributed by atoms with Crippen LogP contribution in [0.25, 0.3) is 0 Å². The maximum absolute atomic E-state index is 14.1. The second-order valence-corrected chi connectivity index (χ2v) is 5.13. The molecule has 1 heterocycles. The van der Waals surface area contributed by atoms with Crippen LogP contribution in [-0.2, 0) is 0 Å². The predicted octanol–water partition coefficient (Wildman–Crippen LogP) is 2.13. The first-order valence-corrected chi connectivity index (χ1v) is 6.65. The zero-order chi connectivity index (χ0) is 14.8. The van der Waals surface area contributed by atoms with Crippen LogP contribution in [0.2, 0.25) is 0 Å². The highest BCUT2D eigenvalue weighted by molar-refractivity contribution is 5.85. The molecule has 3 nitrogen and oxygen atoms in total. The fraction of sp³-hybridized carbons (Fsp3) is 0.571. The van der Waals surface area contributed by atoms with Crippen molar-refractivity contribution in [2.24, 2.45) is 0 Å². The van der Waals surface area contributed by atoms with E-state index in [1.54, 1.807) is 13.0 Å². The minimum atomic E-state index is -3.38. The summed E-state index contributed by atoms with van der Waals surface area (Å²) in [5, 5.41) is 12.1. The van der Waals surface area contributed by atoms with E-state index in [-0.39, 0.29) is 18.0 Å². The van der Waals surface area contributed by atoms with E-state index >= 15 is 0 Å². The van der Waals surface area contributed by atoms with Crippen molar-refractivity contribution in [1.29, 1.82) is 0 Å². The Hall–Kier alpha value is -0.820. The zero-order valence-corrected chi connectivity index (χ0v) is 12.6. The summed E-state index contributed by atoms with van der Waals surface area (Å²) >= 11 is 0. The molecular formula is C14H20ClF3N2O. The third kappa shape index (κ3) is 4.10. The number of halogens is 4. The van der Waals surface area contributed by atoms with Crippen molar-refractivity contribution in [3.05, 3.63) is 35.1 Å². The van der Waals surface area contributed by atoms with Gasteiger partial charge in [0.05, 0.1) is 0 Å². The summed E-state index contributed by atoms with van der Waals surface area (Å²) in [4.78, 5) is 1.53. The van der Waals surface area contributed by atoms with Gasteiger partial charge in [-0.1, -0.05) is 17.7 Å². The van der Waals surface area contributed by atoms with E-state index in [2.05, 4.69) is 5.32 Å².